The Morgan fingerprint density at radius 1 is 1.40 bits per heavy atom. The smallest absolute Gasteiger partial charge is 0.277 e. The van der Waals surface area contributed by atoms with Gasteiger partial charge in [-0.05, 0) is 18.8 Å². The average Bonchev–Trinajstić information content (AvgIpc) is 2.88. The maximum atomic E-state index is 11.9. The van der Waals surface area contributed by atoms with Crippen LogP contribution >= 0.6 is 11.8 Å². The van der Waals surface area contributed by atoms with Gasteiger partial charge in [0.25, 0.3) is 5.22 Å². The highest BCUT2D eigenvalue weighted by Crippen LogP contribution is 2.24. The zero-order chi connectivity index (χ0) is 14.5. The van der Waals surface area contributed by atoms with E-state index in [1.165, 1.54) is 31.0 Å². The summed E-state index contributed by atoms with van der Waals surface area (Å²) in [6.07, 6.45) is 4.79. The van der Waals surface area contributed by atoms with Gasteiger partial charge in [0, 0.05) is 12.0 Å². The van der Waals surface area contributed by atoms with E-state index in [2.05, 4.69) is 22.4 Å². The SMILES string of the molecule is CC(C)c1nnc(SCC(=O)N[C@@H]2CCCC[C@@H]2C)o1. The van der Waals surface area contributed by atoms with Crippen molar-refractivity contribution < 1.29 is 9.21 Å². The fourth-order valence-corrected chi connectivity index (χ4v) is 3.00. The lowest BCUT2D eigenvalue weighted by molar-refractivity contribution is -0.119. The van der Waals surface area contributed by atoms with Crippen molar-refractivity contribution in [3.8, 4) is 0 Å². The highest BCUT2D eigenvalue weighted by Gasteiger charge is 2.23. The molecule has 1 heterocycles. The minimum absolute atomic E-state index is 0.0537. The van der Waals surface area contributed by atoms with Crippen LogP contribution in [0.3, 0.4) is 0 Å². The molecule has 2 rings (SSSR count). The lowest BCUT2D eigenvalue weighted by Gasteiger charge is -2.29. The molecule has 0 bridgehead atoms. The minimum atomic E-state index is 0.0537. The number of hydrogen-bond donors (Lipinski definition) is 1. The Morgan fingerprint density at radius 3 is 2.80 bits per heavy atom. The van der Waals surface area contributed by atoms with Crippen LogP contribution in [0, 0.1) is 5.92 Å². The molecule has 1 saturated carbocycles. The van der Waals surface area contributed by atoms with Gasteiger partial charge >= 0.3 is 0 Å². The first-order valence-electron chi connectivity index (χ1n) is 7.32. The first-order chi connectivity index (χ1) is 9.56. The molecule has 1 aliphatic rings. The van der Waals surface area contributed by atoms with Crippen LogP contribution in [-0.2, 0) is 4.79 Å². The molecular formula is C14H23N3O2S. The van der Waals surface area contributed by atoms with Crippen LogP contribution in [0.15, 0.2) is 9.64 Å². The molecule has 2 atom stereocenters. The minimum Gasteiger partial charge on any atom is -0.416 e. The third kappa shape index (κ3) is 4.23. The van der Waals surface area contributed by atoms with Gasteiger partial charge in [0.15, 0.2) is 0 Å². The van der Waals surface area contributed by atoms with E-state index >= 15 is 0 Å². The van der Waals surface area contributed by atoms with Crippen molar-refractivity contribution in [2.45, 2.75) is 63.6 Å². The second kappa shape index (κ2) is 7.11. The van der Waals surface area contributed by atoms with Crippen LogP contribution in [-0.4, -0.2) is 27.9 Å². The summed E-state index contributed by atoms with van der Waals surface area (Å²) < 4.78 is 5.47. The van der Waals surface area contributed by atoms with Gasteiger partial charge in [0.05, 0.1) is 5.75 Å². The van der Waals surface area contributed by atoms with E-state index in [0.29, 0.717) is 28.8 Å². The molecule has 1 aliphatic carbocycles. The zero-order valence-electron chi connectivity index (χ0n) is 12.4. The molecule has 1 aromatic heterocycles. The standard InChI is InChI=1S/C14H23N3O2S/c1-9(2)13-16-17-14(19-13)20-8-12(18)15-11-7-5-4-6-10(11)3/h9-11H,4-8H2,1-3H3,(H,15,18)/t10-,11+/m0/s1. The normalized spacial score (nSPS) is 23.0. The molecule has 0 aliphatic heterocycles. The number of carbonyl (C=O) groups is 1. The number of rotatable bonds is 5. The summed E-state index contributed by atoms with van der Waals surface area (Å²) in [5.41, 5.74) is 0. The van der Waals surface area contributed by atoms with Gasteiger partial charge < -0.3 is 9.73 Å². The van der Waals surface area contributed by atoms with Crippen LogP contribution in [0.4, 0.5) is 0 Å². The first kappa shape index (κ1) is 15.4. The van der Waals surface area contributed by atoms with Gasteiger partial charge in [-0.1, -0.05) is 45.4 Å². The Labute approximate surface area is 124 Å². The maximum Gasteiger partial charge on any atom is 0.277 e. The molecule has 5 nitrogen and oxygen atoms in total. The summed E-state index contributed by atoms with van der Waals surface area (Å²) >= 11 is 1.30. The lowest BCUT2D eigenvalue weighted by Crippen LogP contribution is -2.41. The number of aromatic nitrogens is 2. The van der Waals surface area contributed by atoms with Crippen molar-refractivity contribution >= 4 is 17.7 Å². The largest absolute Gasteiger partial charge is 0.416 e. The Kier molecular flexibility index (Phi) is 5.46. The van der Waals surface area contributed by atoms with Gasteiger partial charge in [0.2, 0.25) is 11.8 Å². The van der Waals surface area contributed by atoms with E-state index in [4.69, 9.17) is 4.42 Å². The summed E-state index contributed by atoms with van der Waals surface area (Å²) in [4.78, 5) is 11.9. The highest BCUT2D eigenvalue weighted by atomic mass is 32.2. The second-order valence-corrected chi connectivity index (χ2v) is 6.71. The molecule has 0 aromatic carbocycles. The Hall–Kier alpha value is -1.04. The van der Waals surface area contributed by atoms with Crippen molar-refractivity contribution in [2.75, 3.05) is 5.75 Å². The molecule has 6 heteroatoms. The van der Waals surface area contributed by atoms with Gasteiger partial charge in [-0.25, -0.2) is 0 Å². The van der Waals surface area contributed by atoms with E-state index in [-0.39, 0.29) is 11.8 Å². The summed E-state index contributed by atoms with van der Waals surface area (Å²) in [6, 6.07) is 0.325. The summed E-state index contributed by atoms with van der Waals surface area (Å²) in [5, 5.41) is 11.5. The molecule has 1 fully saturated rings. The number of hydrogen-bond acceptors (Lipinski definition) is 5. The fraction of sp³-hybridized carbons (Fsp3) is 0.786. The van der Waals surface area contributed by atoms with E-state index in [1.54, 1.807) is 0 Å². The summed E-state index contributed by atoms with van der Waals surface area (Å²) in [6.45, 7) is 6.21. The Balaban J connectivity index is 1.76. The molecule has 0 spiro atoms. The predicted octanol–water partition coefficient (Wildman–Crippen LogP) is 2.98. The van der Waals surface area contributed by atoms with Crippen LogP contribution in [0.1, 0.15) is 58.3 Å². The summed E-state index contributed by atoms with van der Waals surface area (Å²) in [5.74, 6) is 1.80. The predicted molar refractivity (Wildman–Crippen MR) is 78.7 cm³/mol. The van der Waals surface area contributed by atoms with Crippen molar-refractivity contribution in [2.24, 2.45) is 5.92 Å². The molecule has 1 amide bonds. The molecule has 0 unspecified atom stereocenters. The van der Waals surface area contributed by atoms with Gasteiger partial charge in [-0.15, -0.1) is 10.2 Å². The number of amides is 1. The van der Waals surface area contributed by atoms with Crippen molar-refractivity contribution in [1.29, 1.82) is 0 Å². The highest BCUT2D eigenvalue weighted by molar-refractivity contribution is 7.99. The molecular weight excluding hydrogens is 274 g/mol. The third-order valence-corrected chi connectivity index (χ3v) is 4.52. The van der Waals surface area contributed by atoms with Crippen molar-refractivity contribution in [3.63, 3.8) is 0 Å². The molecule has 0 saturated heterocycles. The van der Waals surface area contributed by atoms with Crippen LogP contribution < -0.4 is 5.32 Å². The van der Waals surface area contributed by atoms with Gasteiger partial charge in [-0.2, -0.15) is 0 Å². The van der Waals surface area contributed by atoms with E-state index in [9.17, 15) is 4.79 Å². The fourth-order valence-electron chi connectivity index (χ4n) is 2.42. The zero-order valence-corrected chi connectivity index (χ0v) is 13.2. The molecule has 112 valence electrons. The first-order valence-corrected chi connectivity index (χ1v) is 8.30. The topological polar surface area (TPSA) is 68.0 Å². The van der Waals surface area contributed by atoms with Gasteiger partial charge in [0.1, 0.15) is 0 Å². The molecule has 1 aromatic rings. The molecule has 0 radical (unpaired) electrons. The third-order valence-electron chi connectivity index (χ3n) is 3.70. The number of nitrogens with zero attached hydrogens (tertiary/aromatic N) is 2. The number of thioether (sulfide) groups is 1. The van der Waals surface area contributed by atoms with Crippen LogP contribution in [0.2, 0.25) is 0 Å². The van der Waals surface area contributed by atoms with Gasteiger partial charge in [-0.3, -0.25) is 4.79 Å². The van der Waals surface area contributed by atoms with E-state index in [0.717, 1.165) is 6.42 Å². The average molecular weight is 297 g/mol. The Morgan fingerprint density at radius 2 is 2.15 bits per heavy atom. The second-order valence-electron chi connectivity index (χ2n) is 5.79. The van der Waals surface area contributed by atoms with Crippen LogP contribution in [0.5, 0.6) is 0 Å². The molecule has 20 heavy (non-hydrogen) atoms. The van der Waals surface area contributed by atoms with Crippen molar-refractivity contribution in [1.82, 2.24) is 15.5 Å². The maximum absolute atomic E-state index is 11.9. The Bertz CT molecular complexity index is 447. The van der Waals surface area contributed by atoms with E-state index < -0.39 is 0 Å². The quantitative estimate of drug-likeness (QED) is 0.846. The number of nitrogens with one attached hydrogen (secondary N) is 1. The number of carbonyl (C=O) groups excluding carboxylic acids is 1. The summed E-state index contributed by atoms with van der Waals surface area (Å²) in [7, 11) is 0. The van der Waals surface area contributed by atoms with Crippen LogP contribution in [0.25, 0.3) is 0 Å². The monoisotopic (exact) mass is 297 g/mol. The van der Waals surface area contributed by atoms with E-state index in [1.807, 2.05) is 13.8 Å². The lowest BCUT2D eigenvalue weighted by atomic mass is 9.86. The molecule has 1 N–H and O–H groups in total. The van der Waals surface area contributed by atoms with Crippen molar-refractivity contribution in [3.05, 3.63) is 5.89 Å².